The Kier molecular flexibility index (Phi) is 5.29. The van der Waals surface area contributed by atoms with Crippen LogP contribution in [0.5, 0.6) is 11.5 Å². The summed E-state index contributed by atoms with van der Waals surface area (Å²) >= 11 is 1.55. The maximum absolute atomic E-state index is 15.3. The molecule has 0 aliphatic carbocycles. The summed E-state index contributed by atoms with van der Waals surface area (Å²) in [5.74, 6) is -0.367. The first-order chi connectivity index (χ1) is 17.0. The van der Waals surface area contributed by atoms with Crippen molar-refractivity contribution in [1.82, 2.24) is 9.58 Å². The third kappa shape index (κ3) is 3.49. The molecule has 1 amide bonds. The SMILES string of the molecule is O=C1c2c(O)c(=O)ccn2N2CN1CC/C=C\COc1ccc(F)c3c1[C@H]2c1ccccc1SC3. The lowest BCUT2D eigenvalue weighted by atomic mass is 9.93. The number of fused-ring (bicyclic) bond motifs is 7. The first-order valence-electron chi connectivity index (χ1n) is 11.4. The van der Waals surface area contributed by atoms with Crippen molar-refractivity contribution >= 4 is 17.7 Å². The molecule has 4 heterocycles. The van der Waals surface area contributed by atoms with Gasteiger partial charge >= 0.3 is 0 Å². The van der Waals surface area contributed by atoms with Crippen molar-refractivity contribution < 1.29 is 19.0 Å². The zero-order chi connectivity index (χ0) is 24.1. The second kappa shape index (κ2) is 8.49. The molecule has 3 aliphatic heterocycles. The van der Waals surface area contributed by atoms with E-state index in [-0.39, 0.29) is 18.2 Å². The van der Waals surface area contributed by atoms with Crippen molar-refractivity contribution in [2.45, 2.75) is 23.1 Å². The third-order valence-corrected chi connectivity index (χ3v) is 7.74. The van der Waals surface area contributed by atoms with Crippen LogP contribution in [0.25, 0.3) is 0 Å². The van der Waals surface area contributed by atoms with Crippen LogP contribution in [0.1, 0.15) is 39.6 Å². The van der Waals surface area contributed by atoms with Gasteiger partial charge in [0.2, 0.25) is 5.43 Å². The maximum Gasteiger partial charge on any atom is 0.277 e. The maximum atomic E-state index is 15.3. The minimum absolute atomic E-state index is 0.0976. The van der Waals surface area contributed by atoms with Gasteiger partial charge in [-0.3, -0.25) is 19.3 Å². The topological polar surface area (TPSA) is 75.0 Å². The van der Waals surface area contributed by atoms with E-state index in [0.717, 1.165) is 10.5 Å². The van der Waals surface area contributed by atoms with E-state index in [1.165, 1.54) is 23.0 Å². The molecule has 0 unspecified atom stereocenters. The lowest BCUT2D eigenvalue weighted by molar-refractivity contribution is 0.0682. The van der Waals surface area contributed by atoms with E-state index in [0.29, 0.717) is 42.2 Å². The number of ether oxygens (including phenoxy) is 1. The van der Waals surface area contributed by atoms with Crippen molar-refractivity contribution in [2.75, 3.05) is 24.8 Å². The molecule has 6 rings (SSSR count). The summed E-state index contributed by atoms with van der Waals surface area (Å²) in [6.45, 7) is 0.888. The van der Waals surface area contributed by atoms with Crippen molar-refractivity contribution in [1.29, 1.82) is 0 Å². The summed E-state index contributed by atoms with van der Waals surface area (Å²) in [6, 6.07) is 11.6. The lowest BCUT2D eigenvalue weighted by Gasteiger charge is -2.44. The number of aromatic nitrogens is 1. The second-order valence-corrected chi connectivity index (χ2v) is 9.63. The monoisotopic (exact) mass is 491 g/mol. The van der Waals surface area contributed by atoms with Crippen LogP contribution in [-0.4, -0.2) is 40.4 Å². The number of nitrogens with zero attached hydrogens (tertiary/aromatic N) is 3. The molecule has 9 heteroatoms. The average molecular weight is 492 g/mol. The van der Waals surface area contributed by atoms with Crippen molar-refractivity contribution in [3.63, 3.8) is 0 Å². The zero-order valence-corrected chi connectivity index (χ0v) is 19.5. The predicted molar refractivity (Wildman–Crippen MR) is 130 cm³/mol. The quantitative estimate of drug-likeness (QED) is 0.483. The molecule has 2 bridgehead atoms. The van der Waals surface area contributed by atoms with Crippen LogP contribution in [0.3, 0.4) is 0 Å². The van der Waals surface area contributed by atoms with Gasteiger partial charge in [-0.1, -0.05) is 30.4 Å². The molecule has 2 aromatic carbocycles. The van der Waals surface area contributed by atoms with E-state index in [1.807, 2.05) is 41.4 Å². The van der Waals surface area contributed by atoms with E-state index in [1.54, 1.807) is 22.7 Å². The van der Waals surface area contributed by atoms with E-state index in [2.05, 4.69) is 0 Å². The Balaban J connectivity index is 1.69. The summed E-state index contributed by atoms with van der Waals surface area (Å²) < 4.78 is 23.0. The van der Waals surface area contributed by atoms with Gasteiger partial charge in [-0.2, -0.15) is 0 Å². The molecule has 0 saturated carbocycles. The number of hydrogen-bond acceptors (Lipinski definition) is 6. The number of amides is 1. The van der Waals surface area contributed by atoms with Crippen LogP contribution >= 0.6 is 11.8 Å². The number of aromatic hydroxyl groups is 1. The van der Waals surface area contributed by atoms with E-state index in [4.69, 9.17) is 4.74 Å². The minimum Gasteiger partial charge on any atom is -0.502 e. The molecule has 1 aromatic heterocycles. The number of pyridine rings is 1. The zero-order valence-electron chi connectivity index (χ0n) is 18.7. The van der Waals surface area contributed by atoms with E-state index >= 15 is 4.39 Å². The highest BCUT2D eigenvalue weighted by Crippen LogP contribution is 2.47. The highest BCUT2D eigenvalue weighted by Gasteiger charge is 2.40. The van der Waals surface area contributed by atoms with Crippen LogP contribution in [0.2, 0.25) is 0 Å². The van der Waals surface area contributed by atoms with Gasteiger partial charge in [0.05, 0.1) is 0 Å². The van der Waals surface area contributed by atoms with Gasteiger partial charge in [-0.05, 0) is 30.2 Å². The van der Waals surface area contributed by atoms with Crippen LogP contribution in [0.4, 0.5) is 4.39 Å². The molecule has 35 heavy (non-hydrogen) atoms. The van der Waals surface area contributed by atoms with Crippen molar-refractivity contribution in [2.24, 2.45) is 0 Å². The van der Waals surface area contributed by atoms with Gasteiger partial charge in [0.1, 0.15) is 30.9 Å². The van der Waals surface area contributed by atoms with Gasteiger partial charge in [0.15, 0.2) is 11.4 Å². The van der Waals surface area contributed by atoms with Gasteiger partial charge in [0.25, 0.3) is 5.91 Å². The molecule has 0 spiro atoms. The molecule has 1 atom stereocenters. The van der Waals surface area contributed by atoms with Crippen molar-refractivity contribution in [3.8, 4) is 11.5 Å². The number of thioether (sulfide) groups is 1. The standard InChI is InChI=1S/C26H22FN3O4S/c27-18-8-9-20-22-17(18)14-35-21-7-3-2-6-16(21)23(22)30-15-28(11-4-1-5-13-34-20)26(33)24-25(32)19(31)10-12-29(24)30/h1-3,5-10,12,23,32H,4,11,13-15H2/b5-1-/t23-/m1/s1. The largest absolute Gasteiger partial charge is 0.502 e. The number of rotatable bonds is 0. The molecule has 7 nitrogen and oxygen atoms in total. The number of carbonyl (C=O) groups excluding carboxylic acids is 1. The van der Waals surface area contributed by atoms with Gasteiger partial charge < -0.3 is 14.7 Å². The molecular formula is C26H22FN3O4S. The molecule has 1 N–H and O–H groups in total. The number of benzene rings is 2. The second-order valence-electron chi connectivity index (χ2n) is 8.61. The average Bonchev–Trinajstić information content (AvgIpc) is 3.03. The third-order valence-electron chi connectivity index (χ3n) is 6.62. The Morgan fingerprint density at radius 2 is 1.94 bits per heavy atom. The molecule has 178 valence electrons. The Labute approximate surface area is 205 Å². The van der Waals surface area contributed by atoms with Crippen LogP contribution in [0.15, 0.2) is 70.5 Å². The van der Waals surface area contributed by atoms with Crippen LogP contribution in [-0.2, 0) is 5.75 Å². The first kappa shape index (κ1) is 21.8. The highest BCUT2D eigenvalue weighted by atomic mass is 32.2. The van der Waals surface area contributed by atoms with Crippen molar-refractivity contribution in [3.05, 3.63) is 99.2 Å². The summed E-state index contributed by atoms with van der Waals surface area (Å²) in [7, 11) is 0. The fourth-order valence-electron chi connectivity index (χ4n) is 4.96. The number of carbonyl (C=O) groups is 1. The summed E-state index contributed by atoms with van der Waals surface area (Å²) in [4.78, 5) is 28.3. The molecule has 0 fully saturated rings. The van der Waals surface area contributed by atoms with E-state index in [9.17, 15) is 14.7 Å². The Hall–Kier alpha value is -3.72. The van der Waals surface area contributed by atoms with Crippen LogP contribution < -0.4 is 15.2 Å². The number of halogens is 1. The summed E-state index contributed by atoms with van der Waals surface area (Å²) in [5, 5.41) is 12.6. The molecule has 0 saturated heterocycles. The smallest absolute Gasteiger partial charge is 0.277 e. The molecule has 3 aromatic rings. The highest BCUT2D eigenvalue weighted by molar-refractivity contribution is 7.98. The molecule has 0 radical (unpaired) electrons. The molecular weight excluding hydrogens is 469 g/mol. The fourth-order valence-corrected chi connectivity index (χ4v) is 6.08. The minimum atomic E-state index is -0.625. The summed E-state index contributed by atoms with van der Waals surface area (Å²) in [5.41, 5.74) is 1.41. The number of hydrogen-bond donors (Lipinski definition) is 1. The Morgan fingerprint density at radius 1 is 1.09 bits per heavy atom. The normalized spacial score (nSPS) is 19.8. The predicted octanol–water partition coefficient (Wildman–Crippen LogP) is 3.78. The Bertz CT molecular complexity index is 1440. The molecule has 3 aliphatic rings. The fraction of sp³-hybridized carbons (Fsp3) is 0.231. The van der Waals surface area contributed by atoms with Gasteiger partial charge in [0, 0.05) is 40.6 Å². The van der Waals surface area contributed by atoms with E-state index < -0.39 is 23.1 Å². The lowest BCUT2D eigenvalue weighted by Crippen LogP contribution is -2.55. The van der Waals surface area contributed by atoms with Gasteiger partial charge in [-0.25, -0.2) is 4.39 Å². The first-order valence-corrected chi connectivity index (χ1v) is 12.3. The van der Waals surface area contributed by atoms with Crippen LogP contribution in [0, 0.1) is 5.82 Å². The summed E-state index contributed by atoms with van der Waals surface area (Å²) in [6.07, 6.45) is 5.89. The Morgan fingerprint density at radius 3 is 2.83 bits per heavy atom. The van der Waals surface area contributed by atoms with Gasteiger partial charge in [-0.15, -0.1) is 11.8 Å².